The van der Waals surface area contributed by atoms with E-state index < -0.39 is 0 Å². The lowest BCUT2D eigenvalue weighted by Gasteiger charge is -1.99. The number of amides is 1. The van der Waals surface area contributed by atoms with E-state index in [1.54, 1.807) is 23.5 Å². The van der Waals surface area contributed by atoms with Crippen LogP contribution in [0.1, 0.15) is 16.2 Å². The maximum absolute atomic E-state index is 12.3. The van der Waals surface area contributed by atoms with Gasteiger partial charge in [0.05, 0.1) is 17.1 Å². The molecule has 1 aromatic carbocycles. The van der Waals surface area contributed by atoms with E-state index >= 15 is 0 Å². The van der Waals surface area contributed by atoms with Gasteiger partial charge in [-0.3, -0.25) is 9.89 Å². The summed E-state index contributed by atoms with van der Waals surface area (Å²) in [5.74, 6) is 1.68. The molecule has 28 heavy (non-hydrogen) atoms. The molecule has 3 aromatic heterocycles. The van der Waals surface area contributed by atoms with Crippen molar-refractivity contribution in [2.75, 3.05) is 6.79 Å². The van der Waals surface area contributed by atoms with Gasteiger partial charge in [-0.2, -0.15) is 5.10 Å². The minimum absolute atomic E-state index is 0.216. The fraction of sp³-hybridized carbons (Fsp3) is 0.105. The molecule has 5 rings (SSSR count). The molecule has 2 N–H and O–H groups in total. The van der Waals surface area contributed by atoms with E-state index in [2.05, 4.69) is 20.7 Å². The molecule has 0 unspecified atom stereocenters. The lowest BCUT2D eigenvalue weighted by molar-refractivity contribution is 0.0945. The highest BCUT2D eigenvalue weighted by molar-refractivity contribution is 7.13. The van der Waals surface area contributed by atoms with Crippen molar-refractivity contribution in [1.29, 1.82) is 0 Å². The normalized spacial score (nSPS) is 12.3. The fourth-order valence-corrected chi connectivity index (χ4v) is 3.53. The van der Waals surface area contributed by atoms with E-state index in [9.17, 15) is 4.79 Å². The maximum Gasteiger partial charge on any atom is 0.272 e. The first-order valence-corrected chi connectivity index (χ1v) is 9.37. The van der Waals surface area contributed by atoms with Crippen LogP contribution in [0.4, 0.5) is 0 Å². The number of aromatic amines is 1. The summed E-state index contributed by atoms with van der Waals surface area (Å²) in [5, 5.41) is 15.7. The van der Waals surface area contributed by atoms with Gasteiger partial charge in [0, 0.05) is 11.6 Å². The van der Waals surface area contributed by atoms with Crippen molar-refractivity contribution in [2.45, 2.75) is 6.54 Å². The Morgan fingerprint density at radius 2 is 2.11 bits per heavy atom. The van der Waals surface area contributed by atoms with Crippen molar-refractivity contribution in [3.05, 3.63) is 59.2 Å². The third-order valence-corrected chi connectivity index (χ3v) is 5.15. The molecule has 8 nitrogen and oxygen atoms in total. The topological polar surface area (TPSA) is 102 Å². The Morgan fingerprint density at radius 3 is 3.00 bits per heavy atom. The first-order chi connectivity index (χ1) is 13.8. The third-order valence-electron chi connectivity index (χ3n) is 4.24. The number of ether oxygens (including phenoxy) is 2. The second-order valence-corrected chi connectivity index (χ2v) is 7.03. The van der Waals surface area contributed by atoms with E-state index in [4.69, 9.17) is 14.0 Å². The molecule has 1 amide bonds. The molecule has 0 saturated carbocycles. The monoisotopic (exact) mass is 394 g/mol. The van der Waals surface area contributed by atoms with E-state index in [0.29, 0.717) is 28.6 Å². The lowest BCUT2D eigenvalue weighted by Crippen LogP contribution is -2.23. The molecular weight excluding hydrogens is 380 g/mol. The van der Waals surface area contributed by atoms with Crippen LogP contribution in [-0.4, -0.2) is 28.1 Å². The standard InChI is InChI=1S/C19H14N4O4S/c24-19(14-8-13(21-22-14)18-2-1-5-28-18)20-9-12-7-16(27-23-12)11-3-4-15-17(6-11)26-10-25-15/h1-8H,9-10H2,(H,20,24)(H,21,22). The fourth-order valence-electron chi connectivity index (χ4n) is 2.84. The Morgan fingerprint density at radius 1 is 1.18 bits per heavy atom. The molecule has 1 aliphatic heterocycles. The molecule has 0 spiro atoms. The molecule has 0 atom stereocenters. The van der Waals surface area contributed by atoms with Crippen LogP contribution in [0.3, 0.4) is 0 Å². The zero-order valence-electron chi connectivity index (χ0n) is 14.5. The minimum atomic E-state index is -0.285. The van der Waals surface area contributed by atoms with Crippen molar-refractivity contribution < 1.29 is 18.8 Å². The highest BCUT2D eigenvalue weighted by Gasteiger charge is 2.17. The van der Waals surface area contributed by atoms with Gasteiger partial charge < -0.3 is 19.3 Å². The molecule has 140 valence electrons. The van der Waals surface area contributed by atoms with Crippen LogP contribution >= 0.6 is 11.3 Å². The number of thiophene rings is 1. The number of nitrogens with zero attached hydrogens (tertiary/aromatic N) is 2. The number of fused-ring (bicyclic) bond motifs is 1. The van der Waals surface area contributed by atoms with Crippen LogP contribution in [0.2, 0.25) is 0 Å². The maximum atomic E-state index is 12.3. The Balaban J connectivity index is 1.24. The number of H-pyrrole nitrogens is 1. The predicted molar refractivity (Wildman–Crippen MR) is 101 cm³/mol. The highest BCUT2D eigenvalue weighted by atomic mass is 32.1. The van der Waals surface area contributed by atoms with Gasteiger partial charge in [-0.25, -0.2) is 0 Å². The number of nitrogens with one attached hydrogen (secondary N) is 2. The Labute approximate surface area is 163 Å². The number of rotatable bonds is 5. The van der Waals surface area contributed by atoms with Gasteiger partial charge in [-0.1, -0.05) is 11.2 Å². The van der Waals surface area contributed by atoms with Gasteiger partial charge in [0.1, 0.15) is 5.69 Å². The Hall–Kier alpha value is -3.59. The van der Waals surface area contributed by atoms with Crippen molar-refractivity contribution >= 4 is 17.2 Å². The van der Waals surface area contributed by atoms with Crippen LogP contribution in [0.15, 0.2) is 52.4 Å². The van der Waals surface area contributed by atoms with Gasteiger partial charge >= 0.3 is 0 Å². The van der Waals surface area contributed by atoms with Gasteiger partial charge in [0.2, 0.25) is 6.79 Å². The van der Waals surface area contributed by atoms with E-state index in [0.717, 1.165) is 16.1 Å². The van der Waals surface area contributed by atoms with Crippen LogP contribution in [0.25, 0.3) is 21.9 Å². The zero-order chi connectivity index (χ0) is 18.9. The van der Waals surface area contributed by atoms with Crippen LogP contribution in [0.5, 0.6) is 11.5 Å². The zero-order valence-corrected chi connectivity index (χ0v) is 15.3. The summed E-state index contributed by atoms with van der Waals surface area (Å²) in [6, 6.07) is 12.9. The van der Waals surface area contributed by atoms with Crippen LogP contribution in [0, 0.1) is 0 Å². The first-order valence-electron chi connectivity index (χ1n) is 8.49. The number of hydrogen-bond donors (Lipinski definition) is 2. The van der Waals surface area contributed by atoms with Gasteiger partial charge in [0.15, 0.2) is 23.0 Å². The number of aromatic nitrogens is 3. The largest absolute Gasteiger partial charge is 0.454 e. The van der Waals surface area contributed by atoms with Crippen LogP contribution < -0.4 is 14.8 Å². The molecule has 1 aliphatic rings. The minimum Gasteiger partial charge on any atom is -0.454 e. The molecule has 0 aliphatic carbocycles. The summed E-state index contributed by atoms with van der Waals surface area (Å²) >= 11 is 1.58. The van der Waals surface area contributed by atoms with E-state index in [1.807, 2.05) is 35.7 Å². The van der Waals surface area contributed by atoms with E-state index in [-0.39, 0.29) is 19.2 Å². The number of hydrogen-bond acceptors (Lipinski definition) is 7. The van der Waals surface area contributed by atoms with Gasteiger partial charge in [-0.15, -0.1) is 11.3 Å². The molecule has 0 saturated heterocycles. The second-order valence-electron chi connectivity index (χ2n) is 6.08. The molecule has 9 heteroatoms. The number of carbonyl (C=O) groups is 1. The SMILES string of the molecule is O=C(NCc1cc(-c2ccc3c(c2)OCO3)on1)c1cc(-c2cccs2)[nH]n1. The average molecular weight is 394 g/mol. The molecule has 0 radical (unpaired) electrons. The lowest BCUT2D eigenvalue weighted by atomic mass is 10.1. The van der Waals surface area contributed by atoms with Crippen molar-refractivity contribution in [3.63, 3.8) is 0 Å². The predicted octanol–water partition coefficient (Wildman–Crippen LogP) is 3.45. The van der Waals surface area contributed by atoms with Crippen molar-refractivity contribution in [3.8, 4) is 33.4 Å². The summed E-state index contributed by atoms with van der Waals surface area (Å²) in [5.41, 5.74) is 2.56. The smallest absolute Gasteiger partial charge is 0.272 e. The molecule has 4 aromatic rings. The quantitative estimate of drug-likeness (QED) is 0.537. The van der Waals surface area contributed by atoms with Crippen LogP contribution in [-0.2, 0) is 6.54 Å². The summed E-state index contributed by atoms with van der Waals surface area (Å²) < 4.78 is 16.1. The Kier molecular flexibility index (Phi) is 4.06. The summed E-state index contributed by atoms with van der Waals surface area (Å²) in [6.45, 7) is 0.446. The molecule has 4 heterocycles. The van der Waals surface area contributed by atoms with Gasteiger partial charge in [-0.05, 0) is 35.7 Å². The van der Waals surface area contributed by atoms with E-state index in [1.165, 1.54) is 0 Å². The van der Waals surface area contributed by atoms with Crippen molar-refractivity contribution in [2.24, 2.45) is 0 Å². The Bertz CT molecular complexity index is 1130. The second kappa shape index (κ2) is 6.86. The molecule has 0 fully saturated rings. The number of carbonyl (C=O) groups excluding carboxylic acids is 1. The third kappa shape index (κ3) is 3.12. The summed E-state index contributed by atoms with van der Waals surface area (Å²) in [6.07, 6.45) is 0. The summed E-state index contributed by atoms with van der Waals surface area (Å²) in [7, 11) is 0. The van der Waals surface area contributed by atoms with Crippen molar-refractivity contribution in [1.82, 2.24) is 20.7 Å². The molecule has 0 bridgehead atoms. The highest BCUT2D eigenvalue weighted by Crippen LogP contribution is 2.36. The molecular formula is C19H14N4O4S. The summed E-state index contributed by atoms with van der Waals surface area (Å²) in [4.78, 5) is 13.4. The first kappa shape index (κ1) is 16.6. The average Bonchev–Trinajstić information content (AvgIpc) is 3.51. The van der Waals surface area contributed by atoms with Gasteiger partial charge in [0.25, 0.3) is 5.91 Å². The number of benzene rings is 1.